The third kappa shape index (κ3) is 3.56. The molecule has 7 heteroatoms. The van der Waals surface area contributed by atoms with Gasteiger partial charge in [-0.05, 0) is 38.0 Å². The molecule has 1 saturated heterocycles. The number of hydrogen-bond donors (Lipinski definition) is 4. The average Bonchev–Trinajstić information content (AvgIpc) is 2.91. The lowest BCUT2D eigenvalue weighted by atomic mass is 10.0. The van der Waals surface area contributed by atoms with Gasteiger partial charge in [-0.1, -0.05) is 6.07 Å². The van der Waals surface area contributed by atoms with Crippen molar-refractivity contribution < 1.29 is 19.1 Å². The summed E-state index contributed by atoms with van der Waals surface area (Å²) in [7, 11) is 0. The molecule has 1 heterocycles. The predicted molar refractivity (Wildman–Crippen MR) is 73.8 cm³/mol. The van der Waals surface area contributed by atoms with Crippen molar-refractivity contribution in [2.24, 2.45) is 0 Å². The van der Waals surface area contributed by atoms with Gasteiger partial charge in [0, 0.05) is 0 Å². The van der Waals surface area contributed by atoms with Gasteiger partial charge in [-0.3, -0.25) is 9.59 Å². The van der Waals surface area contributed by atoms with E-state index in [0.29, 0.717) is 12.0 Å². The molecule has 6 nitrogen and oxygen atoms in total. The van der Waals surface area contributed by atoms with Gasteiger partial charge < -0.3 is 10.4 Å². The molecular weight excluding hydrogens is 277 g/mol. The largest absolute Gasteiger partial charge is 0.505 e. The smallest absolute Gasteiger partial charge is 0.239 e. The van der Waals surface area contributed by atoms with Crippen LogP contribution in [0.2, 0.25) is 0 Å². The SMILES string of the molecule is CC(=O)C1CC(C(=O)NC(C)c2ccc(O)c(F)c2)NN1. The molecule has 0 bridgehead atoms. The molecule has 0 aromatic heterocycles. The van der Waals surface area contributed by atoms with Crippen molar-refractivity contribution in [1.29, 1.82) is 0 Å². The molecule has 3 unspecified atom stereocenters. The minimum absolute atomic E-state index is 0.0357. The van der Waals surface area contributed by atoms with Gasteiger partial charge in [0.1, 0.15) is 11.8 Å². The minimum atomic E-state index is -0.731. The lowest BCUT2D eigenvalue weighted by Crippen LogP contribution is -2.44. The molecule has 1 aromatic carbocycles. The summed E-state index contributed by atoms with van der Waals surface area (Å²) in [5, 5.41) is 11.9. The second-order valence-electron chi connectivity index (χ2n) is 5.18. The molecule has 0 saturated carbocycles. The number of amides is 1. The number of Topliss-reactive ketones (excluding diaryl/α,β-unsaturated/α-hetero) is 1. The highest BCUT2D eigenvalue weighted by Crippen LogP contribution is 2.21. The first-order valence-electron chi connectivity index (χ1n) is 6.68. The summed E-state index contributed by atoms with van der Waals surface area (Å²) in [5.41, 5.74) is 6.08. The molecule has 1 amide bonds. The van der Waals surface area contributed by atoms with Crippen molar-refractivity contribution in [3.05, 3.63) is 29.6 Å². The summed E-state index contributed by atoms with van der Waals surface area (Å²) in [6, 6.07) is 2.67. The second kappa shape index (κ2) is 6.19. The third-order valence-electron chi connectivity index (χ3n) is 3.54. The zero-order valence-corrected chi connectivity index (χ0v) is 11.8. The molecule has 21 heavy (non-hydrogen) atoms. The molecule has 1 aromatic rings. The summed E-state index contributed by atoms with van der Waals surface area (Å²) in [5.74, 6) is -1.46. The van der Waals surface area contributed by atoms with Crippen molar-refractivity contribution in [2.75, 3.05) is 0 Å². The average molecular weight is 295 g/mol. The zero-order valence-electron chi connectivity index (χ0n) is 11.8. The van der Waals surface area contributed by atoms with Crippen LogP contribution in [0.3, 0.4) is 0 Å². The topological polar surface area (TPSA) is 90.5 Å². The van der Waals surface area contributed by atoms with Gasteiger partial charge in [0.05, 0.1) is 12.1 Å². The van der Waals surface area contributed by atoms with Crippen molar-refractivity contribution in [3.8, 4) is 5.75 Å². The number of aromatic hydroxyl groups is 1. The van der Waals surface area contributed by atoms with E-state index < -0.39 is 23.7 Å². The molecule has 1 aliphatic rings. The molecule has 0 aliphatic carbocycles. The molecule has 1 fully saturated rings. The molecule has 0 spiro atoms. The molecular formula is C14H18FN3O3. The van der Waals surface area contributed by atoms with E-state index in [9.17, 15) is 14.0 Å². The van der Waals surface area contributed by atoms with Crippen LogP contribution in [-0.4, -0.2) is 28.9 Å². The first-order valence-corrected chi connectivity index (χ1v) is 6.68. The molecule has 0 radical (unpaired) electrons. The monoisotopic (exact) mass is 295 g/mol. The number of carbonyl (C=O) groups is 2. The van der Waals surface area contributed by atoms with E-state index in [1.165, 1.54) is 19.1 Å². The fourth-order valence-electron chi connectivity index (χ4n) is 2.18. The maximum Gasteiger partial charge on any atom is 0.239 e. The van der Waals surface area contributed by atoms with Crippen LogP contribution in [-0.2, 0) is 9.59 Å². The molecule has 2 rings (SSSR count). The van der Waals surface area contributed by atoms with Crippen LogP contribution in [0.4, 0.5) is 4.39 Å². The number of ketones is 1. The van der Waals surface area contributed by atoms with Crippen molar-refractivity contribution >= 4 is 11.7 Å². The number of phenols is 1. The summed E-state index contributed by atoms with van der Waals surface area (Å²) in [6.07, 6.45) is 0.373. The number of hydrogen-bond acceptors (Lipinski definition) is 5. The maximum absolute atomic E-state index is 13.3. The summed E-state index contributed by atoms with van der Waals surface area (Å²) in [6.45, 7) is 3.18. The Hall–Kier alpha value is -1.99. The Morgan fingerprint density at radius 3 is 2.62 bits per heavy atom. The van der Waals surface area contributed by atoms with Crippen LogP contribution < -0.4 is 16.2 Å². The van der Waals surface area contributed by atoms with Gasteiger partial charge in [0.15, 0.2) is 11.6 Å². The lowest BCUT2D eigenvalue weighted by molar-refractivity contribution is -0.123. The number of carbonyl (C=O) groups excluding carboxylic acids is 2. The Labute approximate surface area is 121 Å². The van der Waals surface area contributed by atoms with E-state index >= 15 is 0 Å². The number of halogens is 1. The Balaban J connectivity index is 1.96. The van der Waals surface area contributed by atoms with Gasteiger partial charge in [-0.2, -0.15) is 0 Å². The number of hydrazine groups is 1. The van der Waals surface area contributed by atoms with E-state index in [0.717, 1.165) is 0 Å². The van der Waals surface area contributed by atoms with Crippen LogP contribution >= 0.6 is 0 Å². The van der Waals surface area contributed by atoms with Gasteiger partial charge in [-0.15, -0.1) is 0 Å². The van der Waals surface area contributed by atoms with E-state index in [4.69, 9.17) is 5.11 Å². The Bertz CT molecular complexity index is 564. The third-order valence-corrected chi connectivity index (χ3v) is 3.54. The van der Waals surface area contributed by atoms with Crippen molar-refractivity contribution in [3.63, 3.8) is 0 Å². The van der Waals surface area contributed by atoms with Gasteiger partial charge in [0.2, 0.25) is 5.91 Å². The highest BCUT2D eigenvalue weighted by Gasteiger charge is 2.32. The van der Waals surface area contributed by atoms with E-state index in [1.54, 1.807) is 13.0 Å². The fraction of sp³-hybridized carbons (Fsp3) is 0.429. The Morgan fingerprint density at radius 1 is 1.38 bits per heavy atom. The number of rotatable bonds is 4. The lowest BCUT2D eigenvalue weighted by Gasteiger charge is -2.17. The van der Waals surface area contributed by atoms with Crippen LogP contribution in [0.25, 0.3) is 0 Å². The Kier molecular flexibility index (Phi) is 4.54. The summed E-state index contributed by atoms with van der Waals surface area (Å²) >= 11 is 0. The highest BCUT2D eigenvalue weighted by molar-refractivity contribution is 5.86. The maximum atomic E-state index is 13.3. The van der Waals surface area contributed by atoms with E-state index in [1.807, 2.05) is 0 Å². The number of benzene rings is 1. The zero-order chi connectivity index (χ0) is 15.6. The van der Waals surface area contributed by atoms with Crippen LogP contribution in [0.15, 0.2) is 18.2 Å². The molecule has 3 atom stereocenters. The van der Waals surface area contributed by atoms with Crippen LogP contribution in [0.1, 0.15) is 31.9 Å². The fourth-order valence-corrected chi connectivity index (χ4v) is 2.18. The summed E-state index contributed by atoms with van der Waals surface area (Å²) in [4.78, 5) is 23.3. The minimum Gasteiger partial charge on any atom is -0.505 e. The highest BCUT2D eigenvalue weighted by atomic mass is 19.1. The van der Waals surface area contributed by atoms with E-state index in [-0.39, 0.29) is 17.7 Å². The number of phenolic OH excluding ortho intramolecular Hbond substituents is 1. The van der Waals surface area contributed by atoms with E-state index in [2.05, 4.69) is 16.2 Å². The molecule has 4 N–H and O–H groups in total. The van der Waals surface area contributed by atoms with Gasteiger partial charge >= 0.3 is 0 Å². The summed E-state index contributed by atoms with van der Waals surface area (Å²) < 4.78 is 13.3. The van der Waals surface area contributed by atoms with Crippen molar-refractivity contribution in [2.45, 2.75) is 38.4 Å². The standard InChI is InChI=1S/C14H18FN3O3/c1-7(9-3-4-13(20)10(15)5-9)16-14(21)12-6-11(8(2)19)17-18-12/h3-5,7,11-12,17-18,20H,6H2,1-2H3,(H,16,21). The molecule has 114 valence electrons. The first kappa shape index (κ1) is 15.4. The van der Waals surface area contributed by atoms with Gasteiger partial charge in [0.25, 0.3) is 0 Å². The first-order chi connectivity index (χ1) is 9.88. The van der Waals surface area contributed by atoms with Crippen LogP contribution in [0, 0.1) is 5.82 Å². The normalized spacial score (nSPS) is 22.8. The number of nitrogens with one attached hydrogen (secondary N) is 3. The van der Waals surface area contributed by atoms with Crippen molar-refractivity contribution in [1.82, 2.24) is 16.2 Å². The Morgan fingerprint density at radius 2 is 2.05 bits per heavy atom. The molecule has 1 aliphatic heterocycles. The van der Waals surface area contributed by atoms with Crippen LogP contribution in [0.5, 0.6) is 5.75 Å². The second-order valence-corrected chi connectivity index (χ2v) is 5.18. The predicted octanol–water partition coefficient (Wildman–Crippen LogP) is 0.533. The van der Waals surface area contributed by atoms with Gasteiger partial charge in [-0.25, -0.2) is 15.2 Å². The quantitative estimate of drug-likeness (QED) is 0.650.